The Morgan fingerprint density at radius 1 is 1.05 bits per heavy atom. The molecule has 3 nitrogen and oxygen atoms in total. The van der Waals surface area contributed by atoms with Crippen LogP contribution in [-0.2, 0) is 6.42 Å². The number of benzene rings is 2. The third-order valence-electron chi connectivity index (χ3n) is 3.38. The average molecular weight is 320 g/mol. The van der Waals surface area contributed by atoms with E-state index >= 15 is 0 Å². The van der Waals surface area contributed by atoms with Crippen LogP contribution in [0, 0.1) is 11.3 Å². The molecule has 0 aromatic heterocycles. The Balaban J connectivity index is 1.84. The van der Waals surface area contributed by atoms with Crippen LogP contribution in [0.4, 0.5) is 0 Å². The number of fused-ring (bicyclic) bond motifs is 1. The molecule has 0 aliphatic carbocycles. The molecule has 2 aromatic rings. The van der Waals surface area contributed by atoms with E-state index in [2.05, 4.69) is 6.07 Å². The van der Waals surface area contributed by atoms with Crippen molar-refractivity contribution in [3.05, 3.63) is 57.6 Å². The van der Waals surface area contributed by atoms with Crippen LogP contribution in [0.1, 0.15) is 17.0 Å². The summed E-state index contributed by atoms with van der Waals surface area (Å²) in [6, 6.07) is 13.3. The number of hydrogen-bond acceptors (Lipinski definition) is 3. The Morgan fingerprint density at radius 2 is 1.86 bits per heavy atom. The lowest BCUT2D eigenvalue weighted by molar-refractivity contribution is 0.174. The fourth-order valence-electron chi connectivity index (χ4n) is 2.27. The molecule has 0 spiro atoms. The Hall–Kier alpha value is -1.89. The number of rotatable bonds is 3. The summed E-state index contributed by atoms with van der Waals surface area (Å²) >= 11 is 11.9. The minimum Gasteiger partial charge on any atom is -0.454 e. The van der Waals surface area contributed by atoms with Gasteiger partial charge in [-0.05, 0) is 41.8 Å². The van der Waals surface area contributed by atoms with E-state index in [1.165, 1.54) is 0 Å². The minimum absolute atomic E-state index is 0.243. The molecule has 1 heterocycles. The highest BCUT2D eigenvalue weighted by atomic mass is 35.5. The molecule has 1 aliphatic heterocycles. The van der Waals surface area contributed by atoms with Gasteiger partial charge in [0.05, 0.1) is 22.0 Å². The van der Waals surface area contributed by atoms with Gasteiger partial charge in [-0.2, -0.15) is 5.26 Å². The van der Waals surface area contributed by atoms with Crippen LogP contribution < -0.4 is 9.47 Å². The lowest BCUT2D eigenvalue weighted by Crippen LogP contribution is -2.00. The first-order chi connectivity index (χ1) is 10.2. The molecular weight excluding hydrogens is 309 g/mol. The van der Waals surface area contributed by atoms with Crippen molar-refractivity contribution in [2.24, 2.45) is 0 Å². The topological polar surface area (TPSA) is 42.2 Å². The summed E-state index contributed by atoms with van der Waals surface area (Å²) in [5.74, 6) is 1.17. The molecule has 0 saturated carbocycles. The van der Waals surface area contributed by atoms with E-state index in [-0.39, 0.29) is 12.7 Å². The molecule has 106 valence electrons. The standard InChI is InChI=1S/C16H11Cl2NO2/c17-13-3-2-11(7-14(13)18)12(8-19)5-10-1-4-15-16(6-10)21-9-20-15/h1-4,6-7,12H,5,9H2. The van der Waals surface area contributed by atoms with Crippen LogP contribution in [0.3, 0.4) is 0 Å². The average Bonchev–Trinajstić information content (AvgIpc) is 2.95. The summed E-state index contributed by atoms with van der Waals surface area (Å²) in [6.07, 6.45) is 0.575. The lowest BCUT2D eigenvalue weighted by Gasteiger charge is -2.11. The SMILES string of the molecule is N#CC(Cc1ccc2c(c1)OCO2)c1ccc(Cl)c(Cl)c1. The van der Waals surface area contributed by atoms with Crippen LogP contribution in [0.2, 0.25) is 10.0 Å². The second-order valence-electron chi connectivity index (χ2n) is 4.75. The smallest absolute Gasteiger partial charge is 0.231 e. The van der Waals surface area contributed by atoms with Crippen molar-refractivity contribution in [3.63, 3.8) is 0 Å². The van der Waals surface area contributed by atoms with Gasteiger partial charge in [-0.3, -0.25) is 0 Å². The number of halogens is 2. The van der Waals surface area contributed by atoms with Crippen molar-refractivity contribution < 1.29 is 9.47 Å². The van der Waals surface area contributed by atoms with Gasteiger partial charge >= 0.3 is 0 Å². The van der Waals surface area contributed by atoms with Crippen molar-refractivity contribution in [1.29, 1.82) is 5.26 Å². The number of ether oxygens (including phenoxy) is 2. The Kier molecular flexibility index (Phi) is 3.92. The van der Waals surface area contributed by atoms with Crippen LogP contribution in [-0.4, -0.2) is 6.79 Å². The summed E-state index contributed by atoms with van der Waals surface area (Å²) in [7, 11) is 0. The first-order valence-corrected chi connectivity index (χ1v) is 7.16. The zero-order valence-electron chi connectivity index (χ0n) is 11.0. The van der Waals surface area contributed by atoms with Crippen molar-refractivity contribution >= 4 is 23.2 Å². The maximum absolute atomic E-state index is 9.41. The molecule has 1 aliphatic rings. The molecule has 3 rings (SSSR count). The molecule has 0 saturated heterocycles. The van der Waals surface area contributed by atoms with Gasteiger partial charge in [-0.25, -0.2) is 0 Å². The minimum atomic E-state index is -0.292. The zero-order chi connectivity index (χ0) is 14.8. The van der Waals surface area contributed by atoms with E-state index in [0.717, 1.165) is 22.6 Å². The van der Waals surface area contributed by atoms with E-state index in [9.17, 15) is 5.26 Å². The van der Waals surface area contributed by atoms with Crippen molar-refractivity contribution in [2.45, 2.75) is 12.3 Å². The van der Waals surface area contributed by atoms with E-state index in [0.29, 0.717) is 16.5 Å². The predicted molar refractivity (Wildman–Crippen MR) is 81.1 cm³/mol. The van der Waals surface area contributed by atoms with E-state index in [1.807, 2.05) is 24.3 Å². The highest BCUT2D eigenvalue weighted by Gasteiger charge is 2.17. The van der Waals surface area contributed by atoms with Crippen LogP contribution in [0.25, 0.3) is 0 Å². The summed E-state index contributed by atoms with van der Waals surface area (Å²) < 4.78 is 10.6. The summed E-state index contributed by atoms with van der Waals surface area (Å²) in [4.78, 5) is 0. The molecule has 21 heavy (non-hydrogen) atoms. The highest BCUT2D eigenvalue weighted by Crippen LogP contribution is 2.34. The maximum Gasteiger partial charge on any atom is 0.231 e. The molecule has 5 heteroatoms. The first-order valence-electron chi connectivity index (χ1n) is 6.40. The highest BCUT2D eigenvalue weighted by molar-refractivity contribution is 6.42. The Bertz CT molecular complexity index is 725. The quantitative estimate of drug-likeness (QED) is 0.832. The van der Waals surface area contributed by atoms with Gasteiger partial charge in [-0.15, -0.1) is 0 Å². The molecule has 2 aromatic carbocycles. The van der Waals surface area contributed by atoms with Gasteiger partial charge in [0.1, 0.15) is 0 Å². The third-order valence-corrected chi connectivity index (χ3v) is 4.12. The number of hydrogen-bond donors (Lipinski definition) is 0. The van der Waals surface area contributed by atoms with Gasteiger partial charge in [0.25, 0.3) is 0 Å². The first kappa shape index (κ1) is 14.1. The molecule has 1 unspecified atom stereocenters. The molecule has 0 fully saturated rings. The molecular formula is C16H11Cl2NO2. The predicted octanol–water partition coefficient (Wildman–Crippen LogP) is 4.57. The molecule has 1 atom stereocenters. The molecule has 0 amide bonds. The summed E-state index contributed by atoms with van der Waals surface area (Å²) in [6.45, 7) is 0.243. The van der Waals surface area contributed by atoms with Crippen LogP contribution >= 0.6 is 23.2 Å². The van der Waals surface area contributed by atoms with Gasteiger partial charge < -0.3 is 9.47 Å². The monoisotopic (exact) mass is 319 g/mol. The van der Waals surface area contributed by atoms with Gasteiger partial charge in [0.2, 0.25) is 6.79 Å². The summed E-state index contributed by atoms with van der Waals surface area (Å²) in [5.41, 5.74) is 1.86. The molecule has 0 radical (unpaired) electrons. The van der Waals surface area contributed by atoms with Gasteiger partial charge in [0, 0.05) is 0 Å². The fourth-order valence-corrected chi connectivity index (χ4v) is 2.58. The Labute approximate surface area is 132 Å². The van der Waals surface area contributed by atoms with Crippen molar-refractivity contribution in [1.82, 2.24) is 0 Å². The van der Waals surface area contributed by atoms with Gasteiger partial charge in [0.15, 0.2) is 11.5 Å². The lowest BCUT2D eigenvalue weighted by atomic mass is 9.93. The number of nitriles is 1. The largest absolute Gasteiger partial charge is 0.454 e. The summed E-state index contributed by atoms with van der Waals surface area (Å²) in [5, 5.41) is 10.4. The zero-order valence-corrected chi connectivity index (χ0v) is 12.5. The van der Waals surface area contributed by atoms with E-state index < -0.39 is 0 Å². The normalized spacial score (nSPS) is 13.8. The molecule has 0 bridgehead atoms. The van der Waals surface area contributed by atoms with E-state index in [1.54, 1.807) is 12.1 Å². The Morgan fingerprint density at radius 3 is 2.62 bits per heavy atom. The van der Waals surface area contributed by atoms with Crippen LogP contribution in [0.15, 0.2) is 36.4 Å². The van der Waals surface area contributed by atoms with Crippen molar-refractivity contribution in [3.8, 4) is 17.6 Å². The van der Waals surface area contributed by atoms with Crippen LogP contribution in [0.5, 0.6) is 11.5 Å². The van der Waals surface area contributed by atoms with Crippen molar-refractivity contribution in [2.75, 3.05) is 6.79 Å². The third kappa shape index (κ3) is 2.92. The maximum atomic E-state index is 9.41. The van der Waals surface area contributed by atoms with Gasteiger partial charge in [-0.1, -0.05) is 35.3 Å². The van der Waals surface area contributed by atoms with E-state index in [4.69, 9.17) is 32.7 Å². The molecule has 0 N–H and O–H groups in total. The second-order valence-corrected chi connectivity index (χ2v) is 5.56. The fraction of sp³-hybridized carbons (Fsp3) is 0.188. The number of nitrogens with zero attached hydrogens (tertiary/aromatic N) is 1. The second kappa shape index (κ2) is 5.85.